The fraction of sp³-hybridized carbons (Fsp3) is 0.207. The van der Waals surface area contributed by atoms with E-state index in [9.17, 15) is 9.59 Å². The second-order valence-electron chi connectivity index (χ2n) is 9.13. The maximum absolute atomic E-state index is 13.9. The van der Waals surface area contributed by atoms with Crippen molar-refractivity contribution in [3.8, 4) is 17.1 Å². The number of aromatic nitrogens is 1. The summed E-state index contributed by atoms with van der Waals surface area (Å²) in [5, 5.41) is 0.634. The summed E-state index contributed by atoms with van der Waals surface area (Å²) in [4.78, 5) is 32.3. The zero-order valence-electron chi connectivity index (χ0n) is 21.5. The van der Waals surface area contributed by atoms with Gasteiger partial charge in [-0.05, 0) is 75.4 Å². The fourth-order valence-electron chi connectivity index (χ4n) is 4.40. The van der Waals surface area contributed by atoms with E-state index >= 15 is 0 Å². The Hall–Kier alpha value is -3.40. The van der Waals surface area contributed by atoms with Gasteiger partial charge in [-0.25, -0.2) is 9.79 Å². The summed E-state index contributed by atoms with van der Waals surface area (Å²) in [6.45, 7) is 5.30. The monoisotopic (exact) mass is 626 g/mol. The second-order valence-corrected chi connectivity index (χ2v) is 11.5. The van der Waals surface area contributed by atoms with Gasteiger partial charge in [-0.3, -0.25) is 9.36 Å². The summed E-state index contributed by atoms with van der Waals surface area (Å²) < 4.78 is 19.9. The quantitative estimate of drug-likeness (QED) is 0.250. The molecular weight excluding hydrogens is 604 g/mol. The molecule has 200 valence electrons. The van der Waals surface area contributed by atoms with E-state index in [1.54, 1.807) is 58.2 Å². The number of thiazole rings is 1. The molecule has 0 spiro atoms. The number of fused-ring (bicyclic) bond motifs is 1. The van der Waals surface area contributed by atoms with Gasteiger partial charge in [0.05, 0.1) is 29.0 Å². The van der Waals surface area contributed by atoms with Crippen LogP contribution in [0.3, 0.4) is 0 Å². The summed E-state index contributed by atoms with van der Waals surface area (Å²) in [6, 6.07) is 15.6. The van der Waals surface area contributed by atoms with Crippen molar-refractivity contribution >= 4 is 50.9 Å². The molecule has 7 nitrogen and oxygen atoms in total. The van der Waals surface area contributed by atoms with Crippen molar-refractivity contribution in [2.45, 2.75) is 32.9 Å². The molecule has 0 N–H and O–H groups in total. The molecule has 0 fully saturated rings. The van der Waals surface area contributed by atoms with E-state index in [0.717, 1.165) is 10.0 Å². The van der Waals surface area contributed by atoms with Gasteiger partial charge in [0.25, 0.3) is 5.56 Å². The van der Waals surface area contributed by atoms with Crippen molar-refractivity contribution in [2.75, 3.05) is 7.11 Å². The van der Waals surface area contributed by atoms with E-state index in [1.165, 1.54) is 15.9 Å². The van der Waals surface area contributed by atoms with Crippen molar-refractivity contribution in [3.63, 3.8) is 0 Å². The molecule has 1 aliphatic heterocycles. The number of carbonyl (C=O) groups is 1. The topological polar surface area (TPSA) is 83.0 Å². The van der Waals surface area contributed by atoms with E-state index in [2.05, 4.69) is 20.9 Å². The predicted octanol–water partition coefficient (Wildman–Crippen LogP) is 5.87. The van der Waals surface area contributed by atoms with Gasteiger partial charge in [-0.1, -0.05) is 38.9 Å². The number of halogens is 2. The highest BCUT2D eigenvalue weighted by molar-refractivity contribution is 9.10. The van der Waals surface area contributed by atoms with Gasteiger partial charge in [0.1, 0.15) is 23.3 Å². The van der Waals surface area contributed by atoms with Gasteiger partial charge >= 0.3 is 5.97 Å². The number of benzene rings is 2. The standard InChI is InChI=1S/C29H24BrClN2O5S/c1-15(2)37-28(35)25-16(3)32-29-33(26(25)21-13-18(30)7-11-23(21)36-4)27(34)24(39-29)14-20-10-12-22(38-20)17-5-8-19(31)9-6-17/h5-15,26H,1-4H3/b24-14-/t26-/m1/s1. The first-order valence-corrected chi connectivity index (χ1v) is 14.1. The Morgan fingerprint density at radius 1 is 1.18 bits per heavy atom. The van der Waals surface area contributed by atoms with E-state index in [4.69, 9.17) is 25.5 Å². The first kappa shape index (κ1) is 27.2. The predicted molar refractivity (Wildman–Crippen MR) is 155 cm³/mol. The molecule has 2 aromatic heterocycles. The van der Waals surface area contributed by atoms with Crippen LogP contribution in [-0.2, 0) is 9.53 Å². The lowest BCUT2D eigenvalue weighted by molar-refractivity contribution is -0.143. The van der Waals surface area contributed by atoms with Crippen molar-refractivity contribution in [1.82, 2.24) is 4.57 Å². The normalized spacial score (nSPS) is 15.4. The van der Waals surface area contributed by atoms with Crippen molar-refractivity contribution in [3.05, 3.63) is 106 Å². The Morgan fingerprint density at radius 3 is 2.62 bits per heavy atom. The second kappa shape index (κ2) is 11.0. The van der Waals surface area contributed by atoms with Crippen LogP contribution in [0.15, 0.2) is 84.5 Å². The average molecular weight is 628 g/mol. The van der Waals surface area contributed by atoms with Crippen LogP contribution in [0.2, 0.25) is 5.02 Å². The molecule has 0 amide bonds. The molecule has 10 heteroatoms. The number of esters is 1. The number of nitrogens with zero attached hydrogens (tertiary/aromatic N) is 2. The first-order chi connectivity index (χ1) is 18.7. The third kappa shape index (κ3) is 5.39. The van der Waals surface area contributed by atoms with Crippen LogP contribution >= 0.6 is 38.9 Å². The van der Waals surface area contributed by atoms with Crippen LogP contribution in [0.5, 0.6) is 5.75 Å². The molecule has 2 aromatic carbocycles. The zero-order valence-corrected chi connectivity index (χ0v) is 24.7. The maximum Gasteiger partial charge on any atom is 0.338 e. The van der Waals surface area contributed by atoms with E-state index < -0.39 is 12.0 Å². The third-order valence-corrected chi connectivity index (χ3v) is 7.83. The minimum atomic E-state index is -0.802. The lowest BCUT2D eigenvalue weighted by Gasteiger charge is -2.26. The Balaban J connectivity index is 1.67. The molecule has 0 radical (unpaired) electrons. The summed E-state index contributed by atoms with van der Waals surface area (Å²) in [7, 11) is 1.55. The Bertz CT molecular complexity index is 1780. The van der Waals surface area contributed by atoms with Gasteiger partial charge in [0.2, 0.25) is 0 Å². The van der Waals surface area contributed by atoms with Gasteiger partial charge < -0.3 is 13.9 Å². The average Bonchev–Trinajstić information content (AvgIpc) is 3.47. The largest absolute Gasteiger partial charge is 0.496 e. The Morgan fingerprint density at radius 2 is 1.92 bits per heavy atom. The third-order valence-electron chi connectivity index (χ3n) is 6.10. The lowest BCUT2D eigenvalue weighted by atomic mass is 9.95. The summed E-state index contributed by atoms with van der Waals surface area (Å²) in [6.07, 6.45) is 1.34. The maximum atomic E-state index is 13.9. The molecule has 5 rings (SSSR count). The van der Waals surface area contributed by atoms with Crippen LogP contribution in [0.25, 0.3) is 17.4 Å². The zero-order chi connectivity index (χ0) is 27.8. The molecule has 4 aromatic rings. The first-order valence-electron chi connectivity index (χ1n) is 12.1. The van der Waals surface area contributed by atoms with E-state index in [-0.39, 0.29) is 17.2 Å². The molecule has 1 aliphatic rings. The molecule has 0 saturated carbocycles. The number of ether oxygens (including phenoxy) is 2. The van der Waals surface area contributed by atoms with E-state index in [0.29, 0.717) is 42.9 Å². The van der Waals surface area contributed by atoms with Crippen LogP contribution in [0.1, 0.15) is 38.1 Å². The van der Waals surface area contributed by atoms with E-state index in [1.807, 2.05) is 30.3 Å². The van der Waals surface area contributed by atoms with Gasteiger partial charge in [0.15, 0.2) is 4.80 Å². The smallest absolute Gasteiger partial charge is 0.338 e. The molecule has 0 bridgehead atoms. The number of allylic oxidation sites excluding steroid dienone is 1. The highest BCUT2D eigenvalue weighted by Crippen LogP contribution is 2.37. The van der Waals surface area contributed by atoms with Gasteiger partial charge in [0, 0.05) is 26.7 Å². The van der Waals surface area contributed by atoms with Crippen molar-refractivity contribution < 1.29 is 18.7 Å². The Labute approximate surface area is 241 Å². The van der Waals surface area contributed by atoms with Crippen molar-refractivity contribution in [2.24, 2.45) is 4.99 Å². The van der Waals surface area contributed by atoms with Gasteiger partial charge in [-0.15, -0.1) is 0 Å². The number of carbonyl (C=O) groups excluding carboxylic acids is 1. The summed E-state index contributed by atoms with van der Waals surface area (Å²) in [5.41, 5.74) is 1.95. The van der Waals surface area contributed by atoms with Crippen LogP contribution in [-0.4, -0.2) is 23.8 Å². The number of hydrogen-bond acceptors (Lipinski definition) is 7. The van der Waals surface area contributed by atoms with Crippen LogP contribution in [0, 0.1) is 0 Å². The molecular formula is C29H24BrClN2O5S. The molecule has 0 aliphatic carbocycles. The number of hydrogen-bond donors (Lipinski definition) is 0. The highest BCUT2D eigenvalue weighted by atomic mass is 79.9. The minimum absolute atomic E-state index is 0.280. The molecule has 1 atom stereocenters. The fourth-order valence-corrected chi connectivity index (χ4v) is 5.93. The molecule has 3 heterocycles. The van der Waals surface area contributed by atoms with Crippen LogP contribution < -0.4 is 19.6 Å². The number of rotatable bonds is 6. The lowest BCUT2D eigenvalue weighted by Crippen LogP contribution is -2.40. The molecule has 0 saturated heterocycles. The molecule has 0 unspecified atom stereocenters. The summed E-state index contributed by atoms with van der Waals surface area (Å²) >= 11 is 10.7. The minimum Gasteiger partial charge on any atom is -0.496 e. The summed E-state index contributed by atoms with van der Waals surface area (Å²) in [5.74, 6) is 1.15. The molecule has 39 heavy (non-hydrogen) atoms. The van der Waals surface area contributed by atoms with Crippen molar-refractivity contribution in [1.29, 1.82) is 0 Å². The SMILES string of the molecule is COc1ccc(Br)cc1[C@@H]1C(C(=O)OC(C)C)=C(C)N=c2s/c(=C\c3ccc(-c4ccc(Cl)cc4)o3)c(=O)n21. The van der Waals surface area contributed by atoms with Crippen LogP contribution in [0.4, 0.5) is 0 Å². The Kier molecular flexibility index (Phi) is 7.66. The number of furan rings is 1. The highest BCUT2D eigenvalue weighted by Gasteiger charge is 2.35. The van der Waals surface area contributed by atoms with Gasteiger partial charge in [-0.2, -0.15) is 0 Å². The number of methoxy groups -OCH3 is 1.